The highest BCUT2D eigenvalue weighted by Crippen LogP contribution is 2.23. The zero-order valence-electron chi connectivity index (χ0n) is 19.4. The predicted molar refractivity (Wildman–Crippen MR) is 130 cm³/mol. The van der Waals surface area contributed by atoms with E-state index in [-0.39, 0.29) is 11.2 Å². The zero-order valence-corrected chi connectivity index (χ0v) is 19.4. The molecule has 3 aromatic rings. The van der Waals surface area contributed by atoms with Crippen molar-refractivity contribution >= 4 is 17.8 Å². The Labute approximate surface area is 190 Å². The van der Waals surface area contributed by atoms with Crippen LogP contribution in [-0.2, 0) is 5.41 Å². The lowest BCUT2D eigenvalue weighted by atomic mass is 9.87. The van der Waals surface area contributed by atoms with E-state index in [4.69, 9.17) is 4.74 Å². The van der Waals surface area contributed by atoms with Crippen molar-refractivity contribution in [1.29, 1.82) is 0 Å². The van der Waals surface area contributed by atoms with Crippen LogP contribution in [0, 0.1) is 0 Å². The van der Waals surface area contributed by atoms with Crippen LogP contribution >= 0.6 is 0 Å². The Morgan fingerprint density at radius 2 is 1.34 bits per heavy atom. The summed E-state index contributed by atoms with van der Waals surface area (Å²) < 4.78 is 5.45. The summed E-state index contributed by atoms with van der Waals surface area (Å²) in [5, 5.41) is 0. The second-order valence-electron chi connectivity index (χ2n) is 9.26. The Bertz CT molecular complexity index is 1100. The molecule has 0 saturated carbocycles. The summed E-state index contributed by atoms with van der Waals surface area (Å²) in [6.07, 6.45) is 3.36. The number of hydrogen-bond acceptors (Lipinski definition) is 3. The van der Waals surface area contributed by atoms with Gasteiger partial charge in [0, 0.05) is 5.56 Å². The van der Waals surface area contributed by atoms with Crippen LogP contribution in [0.2, 0.25) is 0 Å². The van der Waals surface area contributed by atoms with Crippen molar-refractivity contribution in [2.75, 3.05) is 0 Å². The van der Waals surface area contributed by atoms with Crippen molar-refractivity contribution in [1.82, 2.24) is 0 Å². The Kier molecular flexibility index (Phi) is 7.09. The first kappa shape index (κ1) is 23.2. The largest absolute Gasteiger partial charge is 0.423 e. The number of ketones is 1. The maximum atomic E-state index is 12.5. The van der Waals surface area contributed by atoms with Crippen molar-refractivity contribution in [2.24, 2.45) is 0 Å². The molecule has 3 aromatic carbocycles. The smallest absolute Gasteiger partial charge is 0.343 e. The van der Waals surface area contributed by atoms with E-state index < -0.39 is 5.97 Å². The van der Waals surface area contributed by atoms with Crippen LogP contribution in [0.1, 0.15) is 77.9 Å². The lowest BCUT2D eigenvalue weighted by molar-refractivity contribution is 0.0734. The number of allylic oxidation sites excluding steroid dienone is 1. The van der Waals surface area contributed by atoms with Crippen molar-refractivity contribution < 1.29 is 14.3 Å². The van der Waals surface area contributed by atoms with Gasteiger partial charge in [-0.1, -0.05) is 77.1 Å². The van der Waals surface area contributed by atoms with Crippen LogP contribution in [0.3, 0.4) is 0 Å². The normalized spacial score (nSPS) is 11.7. The number of carbonyl (C=O) groups is 2. The van der Waals surface area contributed by atoms with Crippen LogP contribution in [0.15, 0.2) is 78.9 Å². The highest BCUT2D eigenvalue weighted by Gasteiger charge is 2.15. The maximum Gasteiger partial charge on any atom is 0.343 e. The number of benzene rings is 3. The number of rotatable bonds is 6. The molecule has 0 spiro atoms. The van der Waals surface area contributed by atoms with Crippen LogP contribution in [0.25, 0.3) is 6.08 Å². The molecule has 0 aliphatic carbocycles. The van der Waals surface area contributed by atoms with Crippen LogP contribution < -0.4 is 4.74 Å². The van der Waals surface area contributed by atoms with E-state index in [1.54, 1.807) is 42.5 Å². The third-order valence-electron chi connectivity index (χ3n) is 5.37. The molecule has 0 bridgehead atoms. The number of ether oxygens (including phenoxy) is 1. The van der Waals surface area contributed by atoms with E-state index in [2.05, 4.69) is 46.8 Å². The summed E-state index contributed by atoms with van der Waals surface area (Å²) in [4.78, 5) is 24.9. The van der Waals surface area contributed by atoms with Crippen LogP contribution in [0.4, 0.5) is 0 Å². The number of carbonyl (C=O) groups excluding carboxylic acids is 2. The molecule has 0 aliphatic rings. The highest BCUT2D eigenvalue weighted by atomic mass is 16.5. The van der Waals surface area contributed by atoms with Crippen molar-refractivity contribution in [3.05, 3.63) is 107 Å². The monoisotopic (exact) mass is 426 g/mol. The molecule has 3 nitrogen and oxygen atoms in total. The molecule has 0 radical (unpaired) electrons. The van der Waals surface area contributed by atoms with Gasteiger partial charge in [-0.15, -0.1) is 0 Å². The molecule has 0 aromatic heterocycles. The van der Waals surface area contributed by atoms with E-state index in [0.717, 1.165) is 11.1 Å². The molecule has 0 amide bonds. The minimum Gasteiger partial charge on any atom is -0.423 e. The SMILES string of the molecule is CC(C)c1ccc(C=CC(=O)c2ccc(OC(=O)c3ccc(C(C)(C)C)cc3)cc2)cc1. The summed E-state index contributed by atoms with van der Waals surface area (Å²) >= 11 is 0. The molecule has 0 unspecified atom stereocenters. The van der Waals surface area contributed by atoms with E-state index in [1.807, 2.05) is 30.3 Å². The van der Waals surface area contributed by atoms with Crippen molar-refractivity contribution in [3.63, 3.8) is 0 Å². The van der Waals surface area contributed by atoms with Gasteiger partial charge in [-0.2, -0.15) is 0 Å². The first-order valence-corrected chi connectivity index (χ1v) is 10.9. The first-order valence-electron chi connectivity index (χ1n) is 10.9. The van der Waals surface area contributed by atoms with Gasteiger partial charge in [0.05, 0.1) is 5.56 Å². The van der Waals surface area contributed by atoms with Gasteiger partial charge in [0.25, 0.3) is 0 Å². The quantitative estimate of drug-likeness (QED) is 0.181. The van der Waals surface area contributed by atoms with Crippen molar-refractivity contribution in [3.8, 4) is 5.75 Å². The van der Waals surface area contributed by atoms with Gasteiger partial charge in [-0.05, 0) is 70.5 Å². The second kappa shape index (κ2) is 9.78. The van der Waals surface area contributed by atoms with Gasteiger partial charge in [0.2, 0.25) is 0 Å². The average Bonchev–Trinajstić information content (AvgIpc) is 2.77. The molecule has 0 N–H and O–H groups in total. The standard InChI is InChI=1S/C29H30O3/c1-20(2)22-9-6-21(7-10-22)8-19-27(30)23-13-17-26(18-14-23)32-28(31)24-11-15-25(16-12-24)29(3,4)5/h6-20H,1-5H3. The molecule has 0 heterocycles. The van der Waals surface area contributed by atoms with E-state index in [0.29, 0.717) is 22.8 Å². The Morgan fingerprint density at radius 3 is 1.88 bits per heavy atom. The van der Waals surface area contributed by atoms with Crippen LogP contribution in [0.5, 0.6) is 5.75 Å². The summed E-state index contributed by atoms with van der Waals surface area (Å²) in [5.74, 6) is 0.354. The average molecular weight is 427 g/mol. The molecule has 0 atom stereocenters. The highest BCUT2D eigenvalue weighted by molar-refractivity contribution is 6.06. The maximum absolute atomic E-state index is 12.5. The van der Waals surface area contributed by atoms with Gasteiger partial charge in [-0.3, -0.25) is 4.79 Å². The van der Waals surface area contributed by atoms with Gasteiger partial charge < -0.3 is 4.74 Å². The zero-order chi connectivity index (χ0) is 23.3. The fourth-order valence-electron chi connectivity index (χ4n) is 3.22. The minimum absolute atomic E-state index is 0.0246. The lowest BCUT2D eigenvalue weighted by Crippen LogP contribution is -2.13. The fourth-order valence-corrected chi connectivity index (χ4v) is 3.22. The third kappa shape index (κ3) is 6.04. The topological polar surface area (TPSA) is 43.4 Å². The summed E-state index contributed by atoms with van der Waals surface area (Å²) in [7, 11) is 0. The summed E-state index contributed by atoms with van der Waals surface area (Å²) in [5.41, 5.74) is 4.45. The minimum atomic E-state index is -0.422. The molecule has 32 heavy (non-hydrogen) atoms. The molecule has 164 valence electrons. The van der Waals surface area contributed by atoms with E-state index >= 15 is 0 Å². The lowest BCUT2D eigenvalue weighted by Gasteiger charge is -2.18. The van der Waals surface area contributed by atoms with Gasteiger partial charge in [0.1, 0.15) is 5.75 Å². The van der Waals surface area contributed by atoms with Gasteiger partial charge in [0.15, 0.2) is 5.78 Å². The Hall–Kier alpha value is -3.46. The van der Waals surface area contributed by atoms with Gasteiger partial charge >= 0.3 is 5.97 Å². The number of esters is 1. The number of hydrogen-bond donors (Lipinski definition) is 0. The van der Waals surface area contributed by atoms with Crippen LogP contribution in [-0.4, -0.2) is 11.8 Å². The van der Waals surface area contributed by atoms with E-state index in [1.165, 1.54) is 5.56 Å². The van der Waals surface area contributed by atoms with Crippen molar-refractivity contribution in [2.45, 2.75) is 46.0 Å². The molecule has 3 heteroatoms. The molecule has 0 saturated heterocycles. The van der Waals surface area contributed by atoms with E-state index in [9.17, 15) is 9.59 Å². The second-order valence-corrected chi connectivity index (χ2v) is 9.26. The predicted octanol–water partition coefficient (Wildman–Crippen LogP) is 7.22. The molecular formula is C29H30O3. The molecule has 3 rings (SSSR count). The third-order valence-corrected chi connectivity index (χ3v) is 5.37. The Morgan fingerprint density at radius 1 is 0.781 bits per heavy atom. The fraction of sp³-hybridized carbons (Fsp3) is 0.241. The molecule has 0 fully saturated rings. The molecular weight excluding hydrogens is 396 g/mol. The molecule has 0 aliphatic heterocycles. The van der Waals surface area contributed by atoms with Gasteiger partial charge in [-0.25, -0.2) is 4.79 Å². The Balaban J connectivity index is 1.61. The first-order chi connectivity index (χ1) is 15.1. The summed E-state index contributed by atoms with van der Waals surface area (Å²) in [6.45, 7) is 10.7. The summed E-state index contributed by atoms with van der Waals surface area (Å²) in [6, 6.07) is 22.2.